The fraction of sp³-hybridized carbons (Fsp3) is 0.400. The smallest absolute Gasteiger partial charge is 0.251 e. The van der Waals surface area contributed by atoms with E-state index in [0.717, 1.165) is 43.3 Å². The molecule has 1 atom stereocenters. The van der Waals surface area contributed by atoms with E-state index in [-0.39, 0.29) is 36.0 Å². The van der Waals surface area contributed by atoms with Crippen molar-refractivity contribution in [3.8, 4) is 0 Å². The lowest BCUT2D eigenvalue weighted by atomic mass is 10.1. The zero-order valence-electron chi connectivity index (χ0n) is 15.9. The van der Waals surface area contributed by atoms with E-state index < -0.39 is 0 Å². The monoisotopic (exact) mass is 498 g/mol. The second-order valence-electron chi connectivity index (χ2n) is 6.40. The van der Waals surface area contributed by atoms with Crippen molar-refractivity contribution >= 4 is 35.8 Å². The molecule has 1 aromatic carbocycles. The molecule has 0 radical (unpaired) electrons. The van der Waals surface area contributed by atoms with Gasteiger partial charge in [0, 0.05) is 32.3 Å². The van der Waals surface area contributed by atoms with Crippen LogP contribution in [0.1, 0.15) is 34.5 Å². The van der Waals surface area contributed by atoms with Gasteiger partial charge in [0.05, 0.1) is 18.9 Å². The minimum Gasteiger partial charge on any atom is -0.467 e. The van der Waals surface area contributed by atoms with Crippen LogP contribution in [0.4, 0.5) is 0 Å². The van der Waals surface area contributed by atoms with E-state index in [1.54, 1.807) is 25.4 Å². The third kappa shape index (κ3) is 6.83. The highest BCUT2D eigenvalue weighted by Gasteiger charge is 2.15. The predicted molar refractivity (Wildman–Crippen MR) is 119 cm³/mol. The first kappa shape index (κ1) is 22.2. The number of carbonyl (C=O) groups excluding carboxylic acids is 1. The van der Waals surface area contributed by atoms with Crippen molar-refractivity contribution in [2.24, 2.45) is 4.99 Å². The number of benzene rings is 1. The first-order valence-corrected chi connectivity index (χ1v) is 9.20. The molecule has 1 amide bonds. The summed E-state index contributed by atoms with van der Waals surface area (Å²) >= 11 is 0. The Labute approximate surface area is 182 Å². The van der Waals surface area contributed by atoms with E-state index in [9.17, 15) is 4.79 Å². The molecule has 0 aliphatic carbocycles. The Bertz CT molecular complexity index is 759. The Morgan fingerprint density at radius 3 is 2.79 bits per heavy atom. The summed E-state index contributed by atoms with van der Waals surface area (Å²) in [5.74, 6) is 1.31. The summed E-state index contributed by atoms with van der Waals surface area (Å²) in [4.78, 5) is 16.5. The standard InChI is InChI=1S/C20H26N4O3.HI/c1-21-20(24-14-18-8-4-10-27-18)23-12-15-5-2-6-16(11-15)19(25)22-13-17-7-3-9-26-17;/h2-3,5-7,9,11,18H,4,8,10,12-14H2,1H3,(H,22,25)(H2,21,23,24);1H. The van der Waals surface area contributed by atoms with E-state index in [2.05, 4.69) is 20.9 Å². The number of carbonyl (C=O) groups is 1. The van der Waals surface area contributed by atoms with Gasteiger partial charge >= 0.3 is 0 Å². The van der Waals surface area contributed by atoms with Gasteiger partial charge in [-0.1, -0.05) is 12.1 Å². The van der Waals surface area contributed by atoms with Crippen LogP contribution >= 0.6 is 24.0 Å². The summed E-state index contributed by atoms with van der Waals surface area (Å²) in [7, 11) is 1.74. The zero-order chi connectivity index (χ0) is 18.9. The van der Waals surface area contributed by atoms with Gasteiger partial charge in [0.1, 0.15) is 5.76 Å². The predicted octanol–water partition coefficient (Wildman–Crippen LogP) is 2.67. The number of halogens is 1. The summed E-state index contributed by atoms with van der Waals surface area (Å²) in [6.07, 6.45) is 4.05. The maximum Gasteiger partial charge on any atom is 0.251 e. The molecule has 1 aromatic heterocycles. The zero-order valence-corrected chi connectivity index (χ0v) is 18.3. The quantitative estimate of drug-likeness (QED) is 0.311. The van der Waals surface area contributed by atoms with Gasteiger partial charge in [-0.2, -0.15) is 0 Å². The van der Waals surface area contributed by atoms with Gasteiger partial charge in [-0.25, -0.2) is 0 Å². The van der Waals surface area contributed by atoms with Gasteiger partial charge in [0.15, 0.2) is 5.96 Å². The average molecular weight is 498 g/mol. The second-order valence-corrected chi connectivity index (χ2v) is 6.40. The first-order chi connectivity index (χ1) is 13.2. The molecule has 3 rings (SSSR count). The highest BCUT2D eigenvalue weighted by molar-refractivity contribution is 14.0. The van der Waals surface area contributed by atoms with Crippen LogP contribution in [0.2, 0.25) is 0 Å². The number of ether oxygens (including phenoxy) is 1. The summed E-state index contributed by atoms with van der Waals surface area (Å²) in [5.41, 5.74) is 1.61. The number of rotatable bonds is 7. The van der Waals surface area contributed by atoms with Crippen LogP contribution in [0, 0.1) is 0 Å². The molecule has 1 fully saturated rings. The lowest BCUT2D eigenvalue weighted by Gasteiger charge is -2.15. The van der Waals surface area contributed by atoms with Crippen LogP contribution in [0.25, 0.3) is 0 Å². The van der Waals surface area contributed by atoms with E-state index in [0.29, 0.717) is 18.7 Å². The number of amides is 1. The Morgan fingerprint density at radius 1 is 1.18 bits per heavy atom. The normalized spacial score (nSPS) is 16.3. The van der Waals surface area contributed by atoms with E-state index >= 15 is 0 Å². The Balaban J connectivity index is 0.00000280. The SMILES string of the molecule is CN=C(NCc1cccc(C(=O)NCc2ccco2)c1)NCC1CCCO1.I. The molecular formula is C20H27IN4O3. The number of hydrogen-bond donors (Lipinski definition) is 3. The van der Waals surface area contributed by atoms with Crippen LogP contribution in [-0.4, -0.2) is 38.2 Å². The Kier molecular flexibility index (Phi) is 9.29. The van der Waals surface area contributed by atoms with Crippen molar-refractivity contribution in [2.75, 3.05) is 20.2 Å². The number of hydrogen-bond acceptors (Lipinski definition) is 4. The van der Waals surface area contributed by atoms with Crippen molar-refractivity contribution in [3.05, 3.63) is 59.5 Å². The maximum absolute atomic E-state index is 12.3. The van der Waals surface area contributed by atoms with E-state index in [1.807, 2.05) is 24.3 Å². The average Bonchev–Trinajstić information content (AvgIpc) is 3.40. The van der Waals surface area contributed by atoms with Gasteiger partial charge in [-0.3, -0.25) is 9.79 Å². The minimum absolute atomic E-state index is 0. The lowest BCUT2D eigenvalue weighted by molar-refractivity contribution is 0.0948. The van der Waals surface area contributed by atoms with Crippen molar-refractivity contribution in [1.82, 2.24) is 16.0 Å². The number of furan rings is 1. The summed E-state index contributed by atoms with van der Waals surface area (Å²) in [6, 6.07) is 11.2. The number of guanidine groups is 1. The molecule has 1 aliphatic rings. The molecule has 3 N–H and O–H groups in total. The molecule has 1 saturated heterocycles. The number of aliphatic imine (C=N–C) groups is 1. The van der Waals surface area contributed by atoms with Gasteiger partial charge in [-0.15, -0.1) is 24.0 Å². The van der Waals surface area contributed by atoms with Crippen molar-refractivity contribution < 1.29 is 13.9 Å². The van der Waals surface area contributed by atoms with Gasteiger partial charge in [0.25, 0.3) is 5.91 Å². The Morgan fingerprint density at radius 2 is 2.07 bits per heavy atom. The highest BCUT2D eigenvalue weighted by atomic mass is 127. The van der Waals surface area contributed by atoms with E-state index in [1.165, 1.54) is 0 Å². The molecule has 0 bridgehead atoms. The first-order valence-electron chi connectivity index (χ1n) is 9.20. The minimum atomic E-state index is -0.130. The van der Waals surface area contributed by atoms with Crippen molar-refractivity contribution in [2.45, 2.75) is 32.0 Å². The Hall–Kier alpha value is -2.07. The summed E-state index contributed by atoms with van der Waals surface area (Å²) in [6.45, 7) is 2.53. The van der Waals surface area contributed by atoms with Crippen LogP contribution in [0.15, 0.2) is 52.1 Å². The summed E-state index contributed by atoms with van der Waals surface area (Å²) < 4.78 is 10.8. The van der Waals surface area contributed by atoms with Gasteiger partial charge in [-0.05, 0) is 42.7 Å². The summed E-state index contributed by atoms with van der Waals surface area (Å²) in [5, 5.41) is 9.40. The molecule has 0 spiro atoms. The van der Waals surface area contributed by atoms with Gasteiger partial charge < -0.3 is 25.1 Å². The molecule has 2 aromatic rings. The largest absolute Gasteiger partial charge is 0.467 e. The van der Waals surface area contributed by atoms with Crippen molar-refractivity contribution in [1.29, 1.82) is 0 Å². The molecule has 28 heavy (non-hydrogen) atoms. The van der Waals surface area contributed by atoms with Crippen LogP contribution in [0.3, 0.4) is 0 Å². The van der Waals surface area contributed by atoms with Crippen LogP contribution < -0.4 is 16.0 Å². The lowest BCUT2D eigenvalue weighted by Crippen LogP contribution is -2.40. The fourth-order valence-electron chi connectivity index (χ4n) is 2.93. The van der Waals surface area contributed by atoms with Crippen molar-refractivity contribution in [3.63, 3.8) is 0 Å². The molecular weight excluding hydrogens is 471 g/mol. The fourth-order valence-corrected chi connectivity index (χ4v) is 2.93. The third-order valence-electron chi connectivity index (χ3n) is 4.40. The number of nitrogens with zero attached hydrogens (tertiary/aromatic N) is 1. The number of nitrogens with one attached hydrogen (secondary N) is 3. The van der Waals surface area contributed by atoms with E-state index in [4.69, 9.17) is 9.15 Å². The maximum atomic E-state index is 12.3. The molecule has 0 saturated carbocycles. The molecule has 7 nitrogen and oxygen atoms in total. The molecule has 152 valence electrons. The van der Waals surface area contributed by atoms with Crippen LogP contribution in [-0.2, 0) is 17.8 Å². The second kappa shape index (κ2) is 11.7. The van der Waals surface area contributed by atoms with Gasteiger partial charge in [0.2, 0.25) is 0 Å². The highest BCUT2D eigenvalue weighted by Crippen LogP contribution is 2.10. The molecule has 1 aliphatic heterocycles. The topological polar surface area (TPSA) is 87.9 Å². The molecule has 8 heteroatoms. The molecule has 1 unspecified atom stereocenters. The third-order valence-corrected chi connectivity index (χ3v) is 4.40. The molecule has 2 heterocycles. The van der Waals surface area contributed by atoms with Crippen LogP contribution in [0.5, 0.6) is 0 Å².